The van der Waals surface area contributed by atoms with E-state index in [0.29, 0.717) is 5.56 Å². The van der Waals surface area contributed by atoms with Gasteiger partial charge in [-0.2, -0.15) is 0 Å². The van der Waals surface area contributed by atoms with Crippen molar-refractivity contribution in [1.82, 2.24) is 0 Å². The summed E-state index contributed by atoms with van der Waals surface area (Å²) < 4.78 is 16.1. The van der Waals surface area contributed by atoms with Crippen LogP contribution in [0.15, 0.2) is 60.6 Å². The van der Waals surface area contributed by atoms with E-state index in [0.717, 1.165) is 0 Å². The summed E-state index contributed by atoms with van der Waals surface area (Å²) in [5, 5.41) is 48.2. The van der Waals surface area contributed by atoms with Crippen molar-refractivity contribution in [3.63, 3.8) is 0 Å². The van der Waals surface area contributed by atoms with Crippen LogP contribution in [0, 0.1) is 0 Å². The van der Waals surface area contributed by atoms with Gasteiger partial charge in [0.2, 0.25) is 6.29 Å². The molecule has 0 bridgehead atoms. The van der Waals surface area contributed by atoms with Crippen LogP contribution in [0.3, 0.4) is 0 Å². The highest BCUT2D eigenvalue weighted by atomic mass is 16.7. The standard InChI is InChI=1S/C22H22O9/c1-11(12-3-5-13(24)6-4-12)18(25)15-8-7-14(9-16(15)29-2)30-22-21(28)20(27)19(26)17(10-23)31-22/h3-9,17,21-24,26-28H,1,10H2,2H3. The van der Waals surface area contributed by atoms with Crippen LogP contribution in [-0.4, -0.2) is 63.5 Å². The predicted molar refractivity (Wildman–Crippen MR) is 109 cm³/mol. The second kappa shape index (κ2) is 9.09. The van der Waals surface area contributed by atoms with Gasteiger partial charge in [0.1, 0.15) is 23.4 Å². The molecule has 0 aromatic heterocycles. The zero-order valence-corrected chi connectivity index (χ0v) is 16.6. The number of methoxy groups -OCH3 is 1. The van der Waals surface area contributed by atoms with Gasteiger partial charge < -0.3 is 39.7 Å². The van der Waals surface area contributed by atoms with E-state index in [9.17, 15) is 30.3 Å². The molecule has 3 rings (SSSR count). The molecule has 2 aromatic carbocycles. The van der Waals surface area contributed by atoms with E-state index in [2.05, 4.69) is 6.58 Å². The summed E-state index contributed by atoms with van der Waals surface area (Å²) in [7, 11) is 1.36. The molecule has 0 saturated carbocycles. The van der Waals surface area contributed by atoms with Crippen molar-refractivity contribution in [3.8, 4) is 17.2 Å². The number of carbonyl (C=O) groups excluding carboxylic acids is 1. The molecule has 0 fully saturated rings. The Labute approximate surface area is 177 Å². The van der Waals surface area contributed by atoms with E-state index in [1.54, 1.807) is 12.1 Å². The van der Waals surface area contributed by atoms with Crippen LogP contribution in [0.25, 0.3) is 5.57 Å². The van der Waals surface area contributed by atoms with Crippen LogP contribution in [0.1, 0.15) is 15.9 Å². The fourth-order valence-electron chi connectivity index (χ4n) is 2.99. The molecule has 164 valence electrons. The minimum atomic E-state index is -1.69. The minimum absolute atomic E-state index is 0.0628. The molecule has 0 radical (unpaired) electrons. The van der Waals surface area contributed by atoms with Gasteiger partial charge >= 0.3 is 0 Å². The second-order valence-corrected chi connectivity index (χ2v) is 6.73. The number of phenols is 1. The van der Waals surface area contributed by atoms with Gasteiger partial charge in [-0.25, -0.2) is 0 Å². The summed E-state index contributed by atoms with van der Waals surface area (Å²) in [6.07, 6.45) is -4.37. The molecule has 1 aliphatic rings. The third-order valence-electron chi connectivity index (χ3n) is 4.73. The van der Waals surface area contributed by atoms with Crippen molar-refractivity contribution in [2.24, 2.45) is 0 Å². The average molecular weight is 430 g/mol. The van der Waals surface area contributed by atoms with Crippen molar-refractivity contribution < 1.29 is 44.5 Å². The van der Waals surface area contributed by atoms with Crippen LogP contribution >= 0.6 is 0 Å². The lowest BCUT2D eigenvalue weighted by Gasteiger charge is -2.32. The molecule has 3 unspecified atom stereocenters. The highest BCUT2D eigenvalue weighted by molar-refractivity contribution is 6.29. The molecule has 0 amide bonds. The van der Waals surface area contributed by atoms with Crippen molar-refractivity contribution in [2.75, 3.05) is 13.7 Å². The van der Waals surface area contributed by atoms with E-state index >= 15 is 0 Å². The Hall–Kier alpha value is -3.53. The normalized spacial score (nSPS) is 20.9. The van der Waals surface area contributed by atoms with E-state index < -0.39 is 42.4 Å². The quantitative estimate of drug-likeness (QED) is 0.329. The Bertz CT molecular complexity index is 1010. The Kier molecular flexibility index (Phi) is 6.50. The van der Waals surface area contributed by atoms with E-state index in [-0.39, 0.29) is 28.4 Å². The van der Waals surface area contributed by atoms with Crippen LogP contribution < -0.4 is 9.47 Å². The van der Waals surface area contributed by atoms with E-state index in [4.69, 9.17) is 14.2 Å². The van der Waals surface area contributed by atoms with Gasteiger partial charge in [-0.3, -0.25) is 4.79 Å². The SMILES string of the molecule is C=C(C(=O)c1ccc(OC2OC(CO)C(O)=C(O)C2O)cc1OC)c1ccc(O)cc1. The van der Waals surface area contributed by atoms with Crippen molar-refractivity contribution in [3.05, 3.63) is 71.7 Å². The van der Waals surface area contributed by atoms with Gasteiger partial charge in [-0.05, 0) is 29.8 Å². The van der Waals surface area contributed by atoms with Gasteiger partial charge in [-0.15, -0.1) is 0 Å². The number of hydrogen-bond donors (Lipinski definition) is 5. The number of carbonyl (C=O) groups is 1. The molecule has 9 nitrogen and oxygen atoms in total. The zero-order chi connectivity index (χ0) is 22.7. The molecule has 0 saturated heterocycles. The van der Waals surface area contributed by atoms with Crippen LogP contribution in [0.5, 0.6) is 17.2 Å². The number of allylic oxidation sites excluding steroid dienone is 1. The molecule has 5 N–H and O–H groups in total. The number of ether oxygens (including phenoxy) is 3. The van der Waals surface area contributed by atoms with Gasteiger partial charge in [0.15, 0.2) is 23.4 Å². The van der Waals surface area contributed by atoms with Crippen molar-refractivity contribution >= 4 is 11.4 Å². The topological polar surface area (TPSA) is 146 Å². The number of phenolic OH excluding ortho intramolecular Hbond substituents is 1. The molecule has 0 aliphatic carbocycles. The Morgan fingerprint density at radius 1 is 1.10 bits per heavy atom. The van der Waals surface area contributed by atoms with Gasteiger partial charge in [0.05, 0.1) is 19.3 Å². The van der Waals surface area contributed by atoms with Gasteiger partial charge in [0, 0.05) is 11.6 Å². The summed E-state index contributed by atoms with van der Waals surface area (Å²) in [5.74, 6) is -1.49. The third kappa shape index (κ3) is 4.48. The van der Waals surface area contributed by atoms with E-state index in [1.165, 1.54) is 37.4 Å². The zero-order valence-electron chi connectivity index (χ0n) is 16.6. The van der Waals surface area contributed by atoms with Crippen LogP contribution in [0.4, 0.5) is 0 Å². The highest BCUT2D eigenvalue weighted by Crippen LogP contribution is 2.32. The number of rotatable bonds is 7. The lowest BCUT2D eigenvalue weighted by Crippen LogP contribution is -2.45. The average Bonchev–Trinajstić information content (AvgIpc) is 2.78. The number of benzene rings is 2. The second-order valence-electron chi connectivity index (χ2n) is 6.73. The maximum absolute atomic E-state index is 12.9. The molecule has 2 aromatic rings. The first-order valence-electron chi connectivity index (χ1n) is 9.20. The highest BCUT2D eigenvalue weighted by Gasteiger charge is 2.38. The minimum Gasteiger partial charge on any atom is -0.508 e. The lowest BCUT2D eigenvalue weighted by molar-refractivity contribution is -0.192. The summed E-state index contributed by atoms with van der Waals surface area (Å²) in [4.78, 5) is 12.9. The molecular weight excluding hydrogens is 408 g/mol. The summed E-state index contributed by atoms with van der Waals surface area (Å²) in [6, 6.07) is 10.3. The monoisotopic (exact) mass is 430 g/mol. The maximum Gasteiger partial charge on any atom is 0.234 e. The Balaban J connectivity index is 1.82. The molecule has 31 heavy (non-hydrogen) atoms. The number of aromatic hydroxyl groups is 1. The Morgan fingerprint density at radius 3 is 2.39 bits per heavy atom. The first kappa shape index (κ1) is 22.2. The molecule has 1 heterocycles. The summed E-state index contributed by atoms with van der Waals surface area (Å²) in [6.45, 7) is 3.17. The molecule has 9 heteroatoms. The molecular formula is C22H22O9. The number of aliphatic hydroxyl groups is 4. The van der Waals surface area contributed by atoms with Crippen LogP contribution in [-0.2, 0) is 4.74 Å². The lowest BCUT2D eigenvalue weighted by atomic mass is 9.97. The summed E-state index contributed by atoms with van der Waals surface area (Å²) in [5.41, 5.74) is 0.919. The fourth-order valence-corrected chi connectivity index (χ4v) is 2.99. The third-order valence-corrected chi connectivity index (χ3v) is 4.73. The van der Waals surface area contributed by atoms with Crippen molar-refractivity contribution in [2.45, 2.75) is 18.5 Å². The smallest absolute Gasteiger partial charge is 0.234 e. The van der Waals surface area contributed by atoms with Gasteiger partial charge in [0.25, 0.3) is 0 Å². The van der Waals surface area contributed by atoms with Gasteiger partial charge in [-0.1, -0.05) is 18.7 Å². The first-order chi connectivity index (χ1) is 14.8. The summed E-state index contributed by atoms with van der Waals surface area (Å²) >= 11 is 0. The van der Waals surface area contributed by atoms with Crippen molar-refractivity contribution in [1.29, 1.82) is 0 Å². The Morgan fingerprint density at radius 2 is 1.77 bits per heavy atom. The number of Topliss-reactive ketones (excluding diaryl/α,β-unsaturated/α-hetero) is 1. The molecule has 0 spiro atoms. The largest absolute Gasteiger partial charge is 0.508 e. The molecule has 3 atom stereocenters. The number of hydrogen-bond acceptors (Lipinski definition) is 9. The number of aliphatic hydroxyl groups excluding tert-OH is 4. The van der Waals surface area contributed by atoms with Crippen LogP contribution in [0.2, 0.25) is 0 Å². The maximum atomic E-state index is 12.9. The number of ketones is 1. The predicted octanol–water partition coefficient (Wildman–Crippen LogP) is 2.08. The van der Waals surface area contributed by atoms with E-state index in [1.807, 2.05) is 0 Å². The fraction of sp³-hybridized carbons (Fsp3) is 0.227. The molecule has 1 aliphatic heterocycles. The first-order valence-corrected chi connectivity index (χ1v) is 9.20.